The quantitative estimate of drug-likeness (QED) is 0.740. The van der Waals surface area contributed by atoms with Crippen molar-refractivity contribution in [2.75, 3.05) is 6.54 Å². The minimum atomic E-state index is -4.53. The van der Waals surface area contributed by atoms with Gasteiger partial charge in [0.2, 0.25) is 5.78 Å². The summed E-state index contributed by atoms with van der Waals surface area (Å²) in [6, 6.07) is 4.67. The van der Waals surface area contributed by atoms with Crippen LogP contribution in [0.3, 0.4) is 0 Å². The molecule has 3 heterocycles. The number of nitrogens with zero attached hydrogens (tertiary/aromatic N) is 4. The lowest BCUT2D eigenvalue weighted by atomic mass is 10.3. The predicted octanol–water partition coefficient (Wildman–Crippen LogP) is 2.53. The van der Waals surface area contributed by atoms with Gasteiger partial charge in [0.15, 0.2) is 0 Å². The number of carbonyl (C=O) groups is 1. The number of fused-ring (bicyclic) bond motifs is 1. The first kappa shape index (κ1) is 15.1. The predicted molar refractivity (Wildman–Crippen MR) is 72.5 cm³/mol. The lowest BCUT2D eigenvalue weighted by Gasteiger charge is -2.22. The van der Waals surface area contributed by atoms with E-state index in [1.165, 1.54) is 29.1 Å². The lowest BCUT2D eigenvalue weighted by Crippen LogP contribution is -2.38. The van der Waals surface area contributed by atoms with Crippen molar-refractivity contribution in [2.45, 2.75) is 12.7 Å². The van der Waals surface area contributed by atoms with Gasteiger partial charge < -0.3 is 9.32 Å². The summed E-state index contributed by atoms with van der Waals surface area (Å²) >= 11 is 0. The van der Waals surface area contributed by atoms with Crippen molar-refractivity contribution < 1.29 is 22.4 Å². The van der Waals surface area contributed by atoms with Crippen LogP contribution in [0.15, 0.2) is 47.5 Å². The third-order valence-corrected chi connectivity index (χ3v) is 3.04. The molecule has 0 unspecified atom stereocenters. The summed E-state index contributed by atoms with van der Waals surface area (Å²) in [6.45, 7) is -1.69. The number of rotatable bonds is 4. The average molecular weight is 324 g/mol. The second-order valence-corrected chi connectivity index (χ2v) is 4.81. The van der Waals surface area contributed by atoms with E-state index in [4.69, 9.17) is 4.42 Å². The summed E-state index contributed by atoms with van der Waals surface area (Å²) in [5.41, 5.74) is -0.112. The van der Waals surface area contributed by atoms with Crippen molar-refractivity contribution >= 4 is 11.7 Å². The first-order valence-corrected chi connectivity index (χ1v) is 6.60. The van der Waals surface area contributed by atoms with Gasteiger partial charge in [-0.15, -0.1) is 0 Å². The molecule has 0 aliphatic carbocycles. The van der Waals surface area contributed by atoms with E-state index in [-0.39, 0.29) is 23.8 Å². The van der Waals surface area contributed by atoms with Crippen molar-refractivity contribution in [3.05, 3.63) is 54.5 Å². The normalized spacial score (nSPS) is 11.8. The van der Waals surface area contributed by atoms with Gasteiger partial charge in [-0.1, -0.05) is 0 Å². The molecular weight excluding hydrogens is 313 g/mol. The molecule has 3 aromatic rings. The summed E-state index contributed by atoms with van der Waals surface area (Å²) in [5.74, 6) is -0.352. The molecule has 120 valence electrons. The standard InChI is InChI=1S/C14H11F3N4O2/c15-14(16,17)9-21(7-10-3-1-6-23-10)12(22)11-8-20-5-2-4-18-13(20)19-11/h1-6,8H,7,9H2. The van der Waals surface area contributed by atoms with Crippen molar-refractivity contribution in [1.82, 2.24) is 19.3 Å². The fraction of sp³-hybridized carbons (Fsp3) is 0.214. The third-order valence-electron chi connectivity index (χ3n) is 3.04. The van der Waals surface area contributed by atoms with Crippen LogP contribution < -0.4 is 0 Å². The SMILES string of the molecule is O=C(c1cn2cccnc2n1)N(Cc1ccco1)CC(F)(F)F. The smallest absolute Gasteiger partial charge is 0.406 e. The summed E-state index contributed by atoms with van der Waals surface area (Å²) in [5, 5.41) is 0. The van der Waals surface area contributed by atoms with Crippen LogP contribution in [0, 0.1) is 0 Å². The Bertz CT molecular complexity index is 778. The molecule has 0 radical (unpaired) electrons. The fourth-order valence-corrected chi connectivity index (χ4v) is 2.10. The molecule has 0 aliphatic rings. The highest BCUT2D eigenvalue weighted by Crippen LogP contribution is 2.20. The van der Waals surface area contributed by atoms with E-state index in [1.54, 1.807) is 18.3 Å². The van der Waals surface area contributed by atoms with Gasteiger partial charge in [0.05, 0.1) is 12.8 Å². The number of furan rings is 1. The summed E-state index contributed by atoms with van der Waals surface area (Å²) in [6.07, 6.45) is 1.23. The van der Waals surface area contributed by atoms with Gasteiger partial charge in [0, 0.05) is 18.6 Å². The number of amides is 1. The maximum Gasteiger partial charge on any atom is 0.406 e. The molecule has 0 saturated carbocycles. The molecule has 3 aromatic heterocycles. The van der Waals surface area contributed by atoms with E-state index in [1.807, 2.05) is 0 Å². The molecule has 3 rings (SSSR count). The van der Waals surface area contributed by atoms with E-state index >= 15 is 0 Å². The fourth-order valence-electron chi connectivity index (χ4n) is 2.10. The Morgan fingerprint density at radius 2 is 2.17 bits per heavy atom. The Hall–Kier alpha value is -2.84. The zero-order valence-electron chi connectivity index (χ0n) is 11.7. The van der Waals surface area contributed by atoms with Crippen LogP contribution in [0.25, 0.3) is 5.78 Å². The Kier molecular flexibility index (Phi) is 3.77. The monoisotopic (exact) mass is 324 g/mol. The van der Waals surface area contributed by atoms with Gasteiger partial charge in [-0.3, -0.25) is 9.20 Å². The van der Waals surface area contributed by atoms with Gasteiger partial charge in [0.25, 0.3) is 5.91 Å². The third kappa shape index (κ3) is 3.50. The summed E-state index contributed by atoms with van der Waals surface area (Å²) in [4.78, 5) is 20.9. The molecule has 0 fully saturated rings. The van der Waals surface area contributed by atoms with Crippen molar-refractivity contribution in [2.24, 2.45) is 0 Å². The van der Waals surface area contributed by atoms with E-state index in [0.717, 1.165) is 0 Å². The first-order valence-electron chi connectivity index (χ1n) is 6.60. The molecule has 0 bridgehead atoms. The molecule has 23 heavy (non-hydrogen) atoms. The second kappa shape index (κ2) is 5.75. The molecular formula is C14H11F3N4O2. The van der Waals surface area contributed by atoms with Crippen LogP contribution in [0.5, 0.6) is 0 Å². The topological polar surface area (TPSA) is 63.6 Å². The minimum Gasteiger partial charge on any atom is -0.467 e. The van der Waals surface area contributed by atoms with Gasteiger partial charge >= 0.3 is 6.18 Å². The second-order valence-electron chi connectivity index (χ2n) is 4.81. The lowest BCUT2D eigenvalue weighted by molar-refractivity contribution is -0.142. The van der Waals surface area contributed by atoms with Crippen LogP contribution in [0.4, 0.5) is 13.2 Å². The number of hydrogen-bond acceptors (Lipinski definition) is 4. The minimum absolute atomic E-state index is 0.112. The van der Waals surface area contributed by atoms with Crippen molar-refractivity contribution in [3.63, 3.8) is 0 Å². The van der Waals surface area contributed by atoms with Crippen LogP contribution in [0.1, 0.15) is 16.2 Å². The van der Waals surface area contributed by atoms with Crippen LogP contribution in [-0.4, -0.2) is 37.9 Å². The molecule has 0 aromatic carbocycles. The Morgan fingerprint density at radius 3 is 2.83 bits per heavy atom. The number of aromatic nitrogens is 3. The zero-order valence-corrected chi connectivity index (χ0v) is 11.7. The summed E-state index contributed by atoms with van der Waals surface area (Å²) in [7, 11) is 0. The summed E-state index contributed by atoms with van der Waals surface area (Å²) < 4.78 is 44.7. The van der Waals surface area contributed by atoms with E-state index < -0.39 is 18.6 Å². The molecule has 6 nitrogen and oxygen atoms in total. The first-order chi connectivity index (χ1) is 10.9. The molecule has 0 atom stereocenters. The van der Waals surface area contributed by atoms with E-state index in [2.05, 4.69) is 9.97 Å². The molecule has 0 aliphatic heterocycles. The van der Waals surface area contributed by atoms with Gasteiger partial charge in [-0.2, -0.15) is 13.2 Å². The Morgan fingerprint density at radius 1 is 1.35 bits per heavy atom. The highest BCUT2D eigenvalue weighted by atomic mass is 19.4. The molecule has 9 heteroatoms. The largest absolute Gasteiger partial charge is 0.467 e. The number of hydrogen-bond donors (Lipinski definition) is 0. The Balaban J connectivity index is 1.89. The van der Waals surface area contributed by atoms with Crippen LogP contribution in [-0.2, 0) is 6.54 Å². The maximum absolute atomic E-state index is 12.8. The number of imidazole rings is 1. The van der Waals surface area contributed by atoms with E-state index in [0.29, 0.717) is 4.90 Å². The highest BCUT2D eigenvalue weighted by Gasteiger charge is 2.34. The molecule has 0 saturated heterocycles. The van der Waals surface area contributed by atoms with Crippen molar-refractivity contribution in [3.8, 4) is 0 Å². The number of carbonyl (C=O) groups excluding carboxylic acids is 1. The molecule has 0 spiro atoms. The molecule has 0 N–H and O–H groups in total. The average Bonchev–Trinajstić information content (AvgIpc) is 3.13. The van der Waals surface area contributed by atoms with Gasteiger partial charge in [-0.05, 0) is 18.2 Å². The zero-order chi connectivity index (χ0) is 16.4. The van der Waals surface area contributed by atoms with E-state index in [9.17, 15) is 18.0 Å². The maximum atomic E-state index is 12.8. The Labute approximate surface area is 128 Å². The molecule has 1 amide bonds. The number of halogens is 3. The van der Waals surface area contributed by atoms with Gasteiger partial charge in [-0.25, -0.2) is 9.97 Å². The van der Waals surface area contributed by atoms with Crippen LogP contribution in [0.2, 0.25) is 0 Å². The van der Waals surface area contributed by atoms with Crippen molar-refractivity contribution in [1.29, 1.82) is 0 Å². The van der Waals surface area contributed by atoms with Crippen LogP contribution >= 0.6 is 0 Å². The number of alkyl halides is 3. The van der Waals surface area contributed by atoms with Gasteiger partial charge in [0.1, 0.15) is 18.0 Å². The highest BCUT2D eigenvalue weighted by molar-refractivity contribution is 5.92.